The fraction of sp³-hybridized carbons (Fsp3) is 0.200. The van der Waals surface area contributed by atoms with Crippen molar-refractivity contribution in [2.75, 3.05) is 6.61 Å². The Morgan fingerprint density at radius 3 is 2.67 bits per heavy atom. The number of nitrogens with zero attached hydrogens (tertiary/aromatic N) is 2. The molecule has 0 saturated heterocycles. The van der Waals surface area contributed by atoms with E-state index >= 15 is 0 Å². The number of hydrogen-bond acceptors (Lipinski definition) is 4. The van der Waals surface area contributed by atoms with Gasteiger partial charge in [-0.25, -0.2) is 0 Å². The van der Waals surface area contributed by atoms with Crippen LogP contribution in [0.3, 0.4) is 0 Å². The minimum atomic E-state index is 0.477. The molecule has 1 aromatic heterocycles. The Hall–Kier alpha value is -1.13. The van der Waals surface area contributed by atoms with Gasteiger partial charge in [-0.1, -0.05) is 29.5 Å². The molecule has 0 amide bonds. The molecule has 0 aliphatic rings. The molecule has 1 heterocycles. The van der Waals surface area contributed by atoms with E-state index in [1.807, 2.05) is 30.3 Å². The first-order valence-corrected chi connectivity index (χ1v) is 5.70. The van der Waals surface area contributed by atoms with Crippen molar-refractivity contribution < 1.29 is 4.74 Å². The van der Waals surface area contributed by atoms with E-state index in [1.165, 1.54) is 11.3 Å². The first kappa shape index (κ1) is 10.4. The van der Waals surface area contributed by atoms with Gasteiger partial charge in [0.1, 0.15) is 10.8 Å². The smallest absolute Gasteiger partial charge is 0.207 e. The molecule has 0 bridgehead atoms. The van der Waals surface area contributed by atoms with E-state index in [2.05, 4.69) is 10.2 Å². The molecule has 0 unspecified atom stereocenters. The molecule has 0 saturated carbocycles. The second-order valence-electron chi connectivity index (χ2n) is 2.86. The van der Waals surface area contributed by atoms with E-state index in [4.69, 9.17) is 16.3 Å². The Kier molecular flexibility index (Phi) is 3.53. The van der Waals surface area contributed by atoms with Crippen molar-refractivity contribution in [2.24, 2.45) is 0 Å². The van der Waals surface area contributed by atoms with Gasteiger partial charge in [-0.05, 0) is 23.7 Å². The van der Waals surface area contributed by atoms with Gasteiger partial charge >= 0.3 is 0 Å². The van der Waals surface area contributed by atoms with Crippen LogP contribution in [0.5, 0.6) is 5.75 Å². The predicted molar refractivity (Wildman–Crippen MR) is 60.6 cm³/mol. The van der Waals surface area contributed by atoms with Gasteiger partial charge in [0.05, 0.1) is 6.61 Å². The summed E-state index contributed by atoms with van der Waals surface area (Å²) in [5, 5.41) is 8.52. The zero-order chi connectivity index (χ0) is 10.5. The summed E-state index contributed by atoms with van der Waals surface area (Å²) in [6, 6.07) is 9.69. The van der Waals surface area contributed by atoms with Gasteiger partial charge in [0.2, 0.25) is 4.47 Å². The summed E-state index contributed by atoms with van der Waals surface area (Å²) < 4.78 is 5.99. The molecule has 78 valence electrons. The fourth-order valence-corrected chi connectivity index (χ4v) is 1.96. The molecular formula is C10H9ClN2OS. The third-order valence-corrected chi connectivity index (χ3v) is 2.85. The molecule has 0 radical (unpaired) electrons. The Bertz CT molecular complexity index is 418. The lowest BCUT2D eigenvalue weighted by Gasteiger charge is -2.03. The Balaban J connectivity index is 1.80. The summed E-state index contributed by atoms with van der Waals surface area (Å²) in [5.74, 6) is 0.869. The summed E-state index contributed by atoms with van der Waals surface area (Å²) >= 11 is 7.05. The number of rotatable bonds is 4. The van der Waals surface area contributed by atoms with Gasteiger partial charge in [0.15, 0.2) is 0 Å². The molecule has 2 rings (SSSR count). The maximum atomic E-state index is 5.66. The van der Waals surface area contributed by atoms with Crippen LogP contribution in [0.4, 0.5) is 0 Å². The first-order valence-electron chi connectivity index (χ1n) is 4.50. The van der Waals surface area contributed by atoms with Crippen molar-refractivity contribution >= 4 is 22.9 Å². The van der Waals surface area contributed by atoms with E-state index in [0.717, 1.165) is 17.2 Å². The van der Waals surface area contributed by atoms with Gasteiger partial charge < -0.3 is 4.74 Å². The lowest BCUT2D eigenvalue weighted by atomic mass is 10.3. The molecule has 1 aromatic carbocycles. The van der Waals surface area contributed by atoms with E-state index in [9.17, 15) is 0 Å². The van der Waals surface area contributed by atoms with Crippen LogP contribution in [-0.2, 0) is 6.42 Å². The van der Waals surface area contributed by atoms with Crippen molar-refractivity contribution in [3.8, 4) is 5.75 Å². The molecular weight excluding hydrogens is 232 g/mol. The monoisotopic (exact) mass is 240 g/mol. The number of benzene rings is 1. The maximum Gasteiger partial charge on any atom is 0.207 e. The molecule has 15 heavy (non-hydrogen) atoms. The Labute approximate surface area is 96.7 Å². The second kappa shape index (κ2) is 5.09. The molecule has 3 nitrogen and oxygen atoms in total. The Morgan fingerprint density at radius 2 is 2.00 bits per heavy atom. The summed E-state index contributed by atoms with van der Waals surface area (Å²) in [5.41, 5.74) is 0. The summed E-state index contributed by atoms with van der Waals surface area (Å²) in [6.45, 7) is 0.593. The minimum Gasteiger partial charge on any atom is -0.493 e. The van der Waals surface area contributed by atoms with Gasteiger partial charge in [0.25, 0.3) is 0 Å². The average Bonchev–Trinajstić information content (AvgIpc) is 2.66. The zero-order valence-corrected chi connectivity index (χ0v) is 9.46. The molecule has 0 fully saturated rings. The third kappa shape index (κ3) is 3.18. The van der Waals surface area contributed by atoms with E-state index in [-0.39, 0.29) is 0 Å². The number of ether oxygens (including phenoxy) is 1. The van der Waals surface area contributed by atoms with E-state index in [1.54, 1.807) is 0 Å². The van der Waals surface area contributed by atoms with Crippen LogP contribution in [0, 0.1) is 0 Å². The van der Waals surface area contributed by atoms with Gasteiger partial charge in [-0.2, -0.15) is 0 Å². The van der Waals surface area contributed by atoms with Crippen molar-refractivity contribution in [1.29, 1.82) is 0 Å². The minimum absolute atomic E-state index is 0.477. The van der Waals surface area contributed by atoms with Crippen molar-refractivity contribution in [3.63, 3.8) is 0 Å². The molecule has 2 aromatic rings. The SMILES string of the molecule is Clc1nnc(CCOc2ccccc2)s1. The highest BCUT2D eigenvalue weighted by Gasteiger charge is 2.01. The van der Waals surface area contributed by atoms with Gasteiger partial charge in [-0.15, -0.1) is 10.2 Å². The van der Waals surface area contributed by atoms with Crippen molar-refractivity contribution in [2.45, 2.75) is 6.42 Å². The van der Waals surface area contributed by atoms with E-state index < -0.39 is 0 Å². The highest BCUT2D eigenvalue weighted by atomic mass is 35.5. The van der Waals surface area contributed by atoms with Crippen LogP contribution in [0.25, 0.3) is 0 Å². The molecule has 0 aliphatic carbocycles. The van der Waals surface area contributed by atoms with Crippen LogP contribution < -0.4 is 4.74 Å². The topological polar surface area (TPSA) is 35.0 Å². The number of para-hydroxylation sites is 1. The summed E-state index contributed by atoms with van der Waals surface area (Å²) in [7, 11) is 0. The van der Waals surface area contributed by atoms with Gasteiger partial charge in [-0.3, -0.25) is 0 Å². The first-order chi connectivity index (χ1) is 7.34. The van der Waals surface area contributed by atoms with Crippen LogP contribution in [0.2, 0.25) is 4.47 Å². The normalized spacial score (nSPS) is 10.2. The largest absolute Gasteiger partial charge is 0.493 e. The molecule has 0 N–H and O–H groups in total. The zero-order valence-electron chi connectivity index (χ0n) is 7.89. The molecule has 0 aliphatic heterocycles. The number of halogens is 1. The Morgan fingerprint density at radius 1 is 1.20 bits per heavy atom. The average molecular weight is 241 g/mol. The fourth-order valence-electron chi connectivity index (χ4n) is 1.11. The molecule has 0 atom stereocenters. The third-order valence-electron chi connectivity index (χ3n) is 1.77. The summed E-state index contributed by atoms with van der Waals surface area (Å²) in [6.07, 6.45) is 0.735. The lowest BCUT2D eigenvalue weighted by Crippen LogP contribution is -2.00. The highest BCUT2D eigenvalue weighted by molar-refractivity contribution is 7.15. The number of aromatic nitrogens is 2. The number of hydrogen-bond donors (Lipinski definition) is 0. The predicted octanol–water partition coefficient (Wildman–Crippen LogP) is 2.81. The van der Waals surface area contributed by atoms with Crippen LogP contribution in [0.1, 0.15) is 5.01 Å². The molecule has 0 spiro atoms. The van der Waals surface area contributed by atoms with E-state index in [0.29, 0.717) is 11.1 Å². The van der Waals surface area contributed by atoms with Crippen LogP contribution in [0.15, 0.2) is 30.3 Å². The lowest BCUT2D eigenvalue weighted by molar-refractivity contribution is 0.321. The van der Waals surface area contributed by atoms with Crippen molar-refractivity contribution in [1.82, 2.24) is 10.2 Å². The molecule has 5 heteroatoms. The van der Waals surface area contributed by atoms with Crippen molar-refractivity contribution in [3.05, 3.63) is 39.8 Å². The second-order valence-corrected chi connectivity index (χ2v) is 4.50. The van der Waals surface area contributed by atoms with Gasteiger partial charge in [0, 0.05) is 6.42 Å². The summed E-state index contributed by atoms with van der Waals surface area (Å²) in [4.78, 5) is 0. The van der Waals surface area contributed by atoms with Crippen LogP contribution in [-0.4, -0.2) is 16.8 Å². The highest BCUT2D eigenvalue weighted by Crippen LogP contribution is 2.15. The van der Waals surface area contributed by atoms with Crippen LogP contribution >= 0.6 is 22.9 Å². The quantitative estimate of drug-likeness (QED) is 0.824. The maximum absolute atomic E-state index is 5.66. The standard InChI is InChI=1S/C10H9ClN2OS/c11-10-13-12-9(15-10)6-7-14-8-4-2-1-3-5-8/h1-5H,6-7H2.